The second-order valence-electron chi connectivity index (χ2n) is 5.95. The first-order chi connectivity index (χ1) is 11.5. The summed E-state index contributed by atoms with van der Waals surface area (Å²) in [5.41, 5.74) is 2.76. The molecule has 1 heterocycles. The minimum absolute atomic E-state index is 0.0153. The number of carbonyl (C=O) groups excluding carboxylic acids is 1. The number of hydrogen-bond acceptors (Lipinski definition) is 4. The number of anilines is 2. The van der Waals surface area contributed by atoms with Crippen LogP contribution in [0.4, 0.5) is 17.1 Å². The molecule has 1 aliphatic rings. The monoisotopic (exact) mass is 325 g/mol. The van der Waals surface area contributed by atoms with Crippen LogP contribution in [0.5, 0.6) is 0 Å². The summed E-state index contributed by atoms with van der Waals surface area (Å²) in [6.07, 6.45) is 2.44. The standard InChI is InChI=1S/C18H19N3O3/c1-13-12-14(4-9-17(13)21(23)24)18(22)19-15-5-7-16(8-6-15)20-10-2-3-11-20/h4-9,12H,2-3,10-11H2,1H3,(H,19,22). The van der Waals surface area contributed by atoms with Crippen LogP contribution in [0.1, 0.15) is 28.8 Å². The average molecular weight is 325 g/mol. The van der Waals surface area contributed by atoms with Crippen molar-refractivity contribution < 1.29 is 9.72 Å². The van der Waals surface area contributed by atoms with Crippen LogP contribution in [0.3, 0.4) is 0 Å². The van der Waals surface area contributed by atoms with Gasteiger partial charge in [-0.2, -0.15) is 0 Å². The minimum atomic E-state index is -0.450. The highest BCUT2D eigenvalue weighted by Crippen LogP contribution is 2.23. The van der Waals surface area contributed by atoms with E-state index in [9.17, 15) is 14.9 Å². The van der Waals surface area contributed by atoms with Crippen molar-refractivity contribution in [2.75, 3.05) is 23.3 Å². The second-order valence-corrected chi connectivity index (χ2v) is 5.95. The first kappa shape index (κ1) is 16.0. The number of carbonyl (C=O) groups is 1. The third-order valence-corrected chi connectivity index (χ3v) is 4.25. The van der Waals surface area contributed by atoms with Gasteiger partial charge < -0.3 is 10.2 Å². The summed E-state index contributed by atoms with van der Waals surface area (Å²) >= 11 is 0. The lowest BCUT2D eigenvalue weighted by molar-refractivity contribution is -0.385. The van der Waals surface area contributed by atoms with Crippen molar-refractivity contribution >= 4 is 23.0 Å². The van der Waals surface area contributed by atoms with Gasteiger partial charge >= 0.3 is 0 Å². The zero-order valence-electron chi connectivity index (χ0n) is 13.5. The third-order valence-electron chi connectivity index (χ3n) is 4.25. The second kappa shape index (κ2) is 6.70. The summed E-state index contributed by atoms with van der Waals surface area (Å²) in [6.45, 7) is 3.78. The molecule has 0 radical (unpaired) electrons. The molecule has 0 aliphatic carbocycles. The molecule has 1 N–H and O–H groups in total. The van der Waals surface area contributed by atoms with E-state index in [0.717, 1.165) is 18.8 Å². The highest BCUT2D eigenvalue weighted by Gasteiger charge is 2.15. The first-order valence-corrected chi connectivity index (χ1v) is 7.96. The molecule has 24 heavy (non-hydrogen) atoms. The summed E-state index contributed by atoms with van der Waals surface area (Å²) in [4.78, 5) is 25.0. The van der Waals surface area contributed by atoms with Gasteiger partial charge in [0, 0.05) is 41.7 Å². The maximum absolute atomic E-state index is 12.3. The van der Waals surface area contributed by atoms with Crippen molar-refractivity contribution in [3.63, 3.8) is 0 Å². The van der Waals surface area contributed by atoms with Gasteiger partial charge in [0.15, 0.2) is 0 Å². The molecule has 124 valence electrons. The van der Waals surface area contributed by atoms with Crippen molar-refractivity contribution in [2.24, 2.45) is 0 Å². The van der Waals surface area contributed by atoms with E-state index < -0.39 is 4.92 Å². The number of nitro benzene ring substituents is 1. The van der Waals surface area contributed by atoms with Crippen LogP contribution in [0.15, 0.2) is 42.5 Å². The summed E-state index contributed by atoms with van der Waals surface area (Å²) in [7, 11) is 0. The van der Waals surface area contributed by atoms with E-state index in [1.807, 2.05) is 24.3 Å². The summed E-state index contributed by atoms with van der Waals surface area (Å²) in [6, 6.07) is 12.1. The Morgan fingerprint density at radius 3 is 2.38 bits per heavy atom. The molecule has 1 fully saturated rings. The fourth-order valence-electron chi connectivity index (χ4n) is 2.94. The molecule has 6 nitrogen and oxygen atoms in total. The molecule has 0 bridgehead atoms. The number of aryl methyl sites for hydroxylation is 1. The highest BCUT2D eigenvalue weighted by molar-refractivity contribution is 6.04. The van der Waals surface area contributed by atoms with Gasteiger partial charge in [0.1, 0.15) is 0 Å². The third kappa shape index (κ3) is 3.37. The van der Waals surface area contributed by atoms with Crippen LogP contribution >= 0.6 is 0 Å². The maximum Gasteiger partial charge on any atom is 0.272 e. The van der Waals surface area contributed by atoms with Gasteiger partial charge in [-0.15, -0.1) is 0 Å². The zero-order chi connectivity index (χ0) is 17.1. The Morgan fingerprint density at radius 2 is 1.79 bits per heavy atom. The quantitative estimate of drug-likeness (QED) is 0.686. The highest BCUT2D eigenvalue weighted by atomic mass is 16.6. The van der Waals surface area contributed by atoms with Gasteiger partial charge in [0.05, 0.1) is 4.92 Å². The van der Waals surface area contributed by atoms with Crippen LogP contribution in [0.25, 0.3) is 0 Å². The molecule has 6 heteroatoms. The Kier molecular flexibility index (Phi) is 4.46. The first-order valence-electron chi connectivity index (χ1n) is 7.96. The van der Waals surface area contributed by atoms with Crippen LogP contribution in [0.2, 0.25) is 0 Å². The molecule has 0 unspecified atom stereocenters. The molecule has 1 aliphatic heterocycles. The van der Waals surface area contributed by atoms with Crippen LogP contribution < -0.4 is 10.2 Å². The van der Waals surface area contributed by atoms with E-state index in [4.69, 9.17) is 0 Å². The Balaban J connectivity index is 1.70. The number of hydrogen-bond donors (Lipinski definition) is 1. The molecule has 2 aromatic carbocycles. The predicted octanol–water partition coefficient (Wildman–Crippen LogP) is 3.76. The van der Waals surface area contributed by atoms with Crippen molar-refractivity contribution in [1.82, 2.24) is 0 Å². The largest absolute Gasteiger partial charge is 0.372 e. The van der Waals surface area contributed by atoms with E-state index in [2.05, 4.69) is 10.2 Å². The molecule has 3 rings (SSSR count). The number of nitro groups is 1. The molecule has 1 saturated heterocycles. The van der Waals surface area contributed by atoms with Crippen molar-refractivity contribution in [2.45, 2.75) is 19.8 Å². The van der Waals surface area contributed by atoms with Crippen molar-refractivity contribution in [1.29, 1.82) is 0 Å². The van der Waals surface area contributed by atoms with Gasteiger partial charge in [0.2, 0.25) is 0 Å². The number of nitrogens with zero attached hydrogens (tertiary/aromatic N) is 2. The van der Waals surface area contributed by atoms with Crippen LogP contribution in [0, 0.1) is 17.0 Å². The number of benzene rings is 2. The zero-order valence-corrected chi connectivity index (χ0v) is 13.5. The molecule has 2 aromatic rings. The van der Waals surface area contributed by atoms with Crippen LogP contribution in [-0.2, 0) is 0 Å². The average Bonchev–Trinajstić information content (AvgIpc) is 3.09. The molecular formula is C18H19N3O3. The van der Waals surface area contributed by atoms with Gasteiger partial charge in [-0.25, -0.2) is 0 Å². The lowest BCUT2D eigenvalue weighted by atomic mass is 10.1. The number of nitrogens with one attached hydrogen (secondary N) is 1. The lowest BCUT2D eigenvalue weighted by Crippen LogP contribution is -2.17. The number of amides is 1. The minimum Gasteiger partial charge on any atom is -0.372 e. The Bertz CT molecular complexity index is 766. The van der Waals surface area contributed by atoms with Gasteiger partial charge in [-0.05, 0) is 56.2 Å². The summed E-state index contributed by atoms with van der Waals surface area (Å²) in [5, 5.41) is 13.7. The van der Waals surface area contributed by atoms with Gasteiger partial charge in [-0.3, -0.25) is 14.9 Å². The lowest BCUT2D eigenvalue weighted by Gasteiger charge is -2.17. The fraction of sp³-hybridized carbons (Fsp3) is 0.278. The molecule has 0 aromatic heterocycles. The fourth-order valence-corrected chi connectivity index (χ4v) is 2.94. The van der Waals surface area contributed by atoms with Crippen LogP contribution in [-0.4, -0.2) is 23.9 Å². The molecule has 0 spiro atoms. The molecule has 0 atom stereocenters. The number of rotatable bonds is 4. The smallest absolute Gasteiger partial charge is 0.272 e. The Labute approximate surface area is 140 Å². The van der Waals surface area contributed by atoms with Crippen molar-refractivity contribution in [3.05, 3.63) is 63.7 Å². The topological polar surface area (TPSA) is 75.5 Å². The molecule has 1 amide bonds. The Morgan fingerprint density at radius 1 is 1.12 bits per heavy atom. The van der Waals surface area contributed by atoms with E-state index in [0.29, 0.717) is 16.8 Å². The van der Waals surface area contributed by atoms with E-state index in [-0.39, 0.29) is 11.6 Å². The van der Waals surface area contributed by atoms with E-state index in [1.54, 1.807) is 6.92 Å². The van der Waals surface area contributed by atoms with Crippen molar-refractivity contribution in [3.8, 4) is 0 Å². The summed E-state index contributed by atoms with van der Waals surface area (Å²) in [5.74, 6) is -0.276. The molecule has 0 saturated carbocycles. The predicted molar refractivity (Wildman–Crippen MR) is 93.7 cm³/mol. The Hall–Kier alpha value is -2.89. The van der Waals surface area contributed by atoms with Gasteiger partial charge in [0.25, 0.3) is 11.6 Å². The SMILES string of the molecule is Cc1cc(C(=O)Nc2ccc(N3CCCC3)cc2)ccc1[N+](=O)[O-]. The maximum atomic E-state index is 12.3. The molecular weight excluding hydrogens is 306 g/mol. The normalized spacial score (nSPS) is 13.8. The summed E-state index contributed by atoms with van der Waals surface area (Å²) < 4.78 is 0. The van der Waals surface area contributed by atoms with E-state index in [1.165, 1.54) is 31.0 Å². The van der Waals surface area contributed by atoms with Gasteiger partial charge in [-0.1, -0.05) is 0 Å². The van der Waals surface area contributed by atoms with E-state index >= 15 is 0 Å².